The van der Waals surface area contributed by atoms with Crippen molar-refractivity contribution in [3.05, 3.63) is 83.9 Å². The van der Waals surface area contributed by atoms with Crippen molar-refractivity contribution in [1.29, 1.82) is 0 Å². The van der Waals surface area contributed by atoms with Crippen LogP contribution >= 0.6 is 12.2 Å². The van der Waals surface area contributed by atoms with E-state index in [-0.39, 0.29) is 16.9 Å². The Hall–Kier alpha value is -3.51. The van der Waals surface area contributed by atoms with E-state index in [9.17, 15) is 9.59 Å². The molecule has 0 aromatic heterocycles. The second-order valence-corrected chi connectivity index (χ2v) is 8.15. The molecular formula is C26H25N3O2S. The van der Waals surface area contributed by atoms with Crippen molar-refractivity contribution < 1.29 is 9.59 Å². The molecule has 0 spiro atoms. The first-order chi connectivity index (χ1) is 15.6. The number of nitrogens with one attached hydrogen (secondary N) is 2. The van der Waals surface area contributed by atoms with E-state index in [1.54, 1.807) is 18.2 Å². The molecule has 4 rings (SSSR count). The van der Waals surface area contributed by atoms with Crippen molar-refractivity contribution in [2.24, 2.45) is 0 Å². The first-order valence-corrected chi connectivity index (χ1v) is 11.2. The SMILES string of the molecule is O=C(/C=C/c1cccc2ccccc12)NC(=S)Nc1ccccc1C(=O)N1CCCCC1. The van der Waals surface area contributed by atoms with Crippen LogP contribution < -0.4 is 10.6 Å². The van der Waals surface area contributed by atoms with Crippen molar-refractivity contribution in [2.75, 3.05) is 18.4 Å². The van der Waals surface area contributed by atoms with Gasteiger partial charge in [0.05, 0.1) is 11.3 Å². The highest BCUT2D eigenvalue weighted by Crippen LogP contribution is 2.21. The number of amides is 2. The average Bonchev–Trinajstić information content (AvgIpc) is 2.83. The fourth-order valence-corrected chi connectivity index (χ4v) is 4.12. The second-order valence-electron chi connectivity index (χ2n) is 7.74. The molecule has 1 saturated heterocycles. The fraction of sp³-hybridized carbons (Fsp3) is 0.192. The highest BCUT2D eigenvalue weighted by Gasteiger charge is 2.20. The van der Waals surface area contributed by atoms with Gasteiger partial charge in [0.1, 0.15) is 0 Å². The summed E-state index contributed by atoms with van der Waals surface area (Å²) in [6.45, 7) is 1.54. The maximum Gasteiger partial charge on any atom is 0.255 e. The fourth-order valence-electron chi connectivity index (χ4n) is 3.91. The molecule has 0 saturated carbocycles. The summed E-state index contributed by atoms with van der Waals surface area (Å²) in [6, 6.07) is 21.2. The number of carbonyl (C=O) groups excluding carboxylic acids is 2. The molecule has 1 aliphatic heterocycles. The number of thiocarbonyl (C=S) groups is 1. The molecule has 1 heterocycles. The maximum atomic E-state index is 12.9. The Bertz CT molecular complexity index is 1180. The van der Waals surface area contributed by atoms with Crippen molar-refractivity contribution in [1.82, 2.24) is 10.2 Å². The van der Waals surface area contributed by atoms with E-state index < -0.39 is 0 Å². The first kappa shape index (κ1) is 21.7. The van der Waals surface area contributed by atoms with E-state index in [4.69, 9.17) is 12.2 Å². The van der Waals surface area contributed by atoms with Gasteiger partial charge in [0.15, 0.2) is 5.11 Å². The van der Waals surface area contributed by atoms with Crippen LogP contribution in [0.25, 0.3) is 16.8 Å². The number of hydrogen-bond acceptors (Lipinski definition) is 3. The van der Waals surface area contributed by atoms with Crippen LogP contribution in [0.5, 0.6) is 0 Å². The lowest BCUT2D eigenvalue weighted by Gasteiger charge is -2.27. The van der Waals surface area contributed by atoms with Gasteiger partial charge in [-0.15, -0.1) is 0 Å². The van der Waals surface area contributed by atoms with Crippen molar-refractivity contribution in [2.45, 2.75) is 19.3 Å². The zero-order chi connectivity index (χ0) is 22.3. The van der Waals surface area contributed by atoms with E-state index >= 15 is 0 Å². The molecule has 3 aromatic carbocycles. The van der Waals surface area contributed by atoms with Crippen LogP contribution in [0.3, 0.4) is 0 Å². The van der Waals surface area contributed by atoms with Crippen LogP contribution in [0.1, 0.15) is 35.2 Å². The summed E-state index contributed by atoms with van der Waals surface area (Å²) in [7, 11) is 0. The van der Waals surface area contributed by atoms with Gasteiger partial charge in [-0.25, -0.2) is 0 Å². The maximum absolute atomic E-state index is 12.9. The Kier molecular flexibility index (Phi) is 6.92. The number of nitrogens with zero attached hydrogens (tertiary/aromatic N) is 1. The minimum absolute atomic E-state index is 0.0159. The van der Waals surface area contributed by atoms with E-state index in [1.165, 1.54) is 6.08 Å². The average molecular weight is 444 g/mol. The lowest BCUT2D eigenvalue weighted by Crippen LogP contribution is -2.37. The molecule has 2 N–H and O–H groups in total. The van der Waals surface area contributed by atoms with Gasteiger partial charge >= 0.3 is 0 Å². The third kappa shape index (κ3) is 5.21. The molecule has 2 amide bonds. The number of carbonyl (C=O) groups is 2. The van der Waals surface area contributed by atoms with E-state index in [2.05, 4.69) is 10.6 Å². The molecule has 1 fully saturated rings. The number of piperidine rings is 1. The Labute approximate surface area is 193 Å². The monoisotopic (exact) mass is 443 g/mol. The van der Waals surface area contributed by atoms with E-state index in [0.717, 1.165) is 48.7 Å². The summed E-state index contributed by atoms with van der Waals surface area (Å²) in [6.07, 6.45) is 6.44. The van der Waals surface area contributed by atoms with Gasteiger partial charge < -0.3 is 10.2 Å². The molecule has 5 nitrogen and oxygen atoms in total. The number of fused-ring (bicyclic) bond motifs is 1. The Morgan fingerprint density at radius 3 is 2.44 bits per heavy atom. The van der Waals surface area contributed by atoms with Crippen LogP contribution in [0.4, 0.5) is 5.69 Å². The molecule has 0 bridgehead atoms. The number of anilines is 1. The summed E-state index contributed by atoms with van der Waals surface area (Å²) in [5.74, 6) is -0.354. The van der Waals surface area contributed by atoms with Crippen molar-refractivity contribution in [3.8, 4) is 0 Å². The predicted molar refractivity (Wildman–Crippen MR) is 134 cm³/mol. The van der Waals surface area contributed by atoms with Crippen LogP contribution in [0.15, 0.2) is 72.8 Å². The summed E-state index contributed by atoms with van der Waals surface area (Å²) in [5, 5.41) is 8.01. The molecule has 6 heteroatoms. The largest absolute Gasteiger partial charge is 0.339 e. The topological polar surface area (TPSA) is 61.4 Å². The molecule has 0 atom stereocenters. The molecule has 0 radical (unpaired) electrons. The van der Waals surface area contributed by atoms with E-state index in [0.29, 0.717) is 11.3 Å². The molecule has 0 unspecified atom stereocenters. The number of rotatable bonds is 4. The minimum atomic E-state index is -0.338. The standard InChI is InChI=1S/C26H25N3O2S/c30-24(16-15-20-11-8-10-19-9-2-3-12-21(19)20)28-26(32)27-23-14-5-4-13-22(23)25(31)29-17-6-1-7-18-29/h2-5,8-16H,1,6-7,17-18H2,(H2,27,28,30,32)/b16-15+. The van der Waals surface area contributed by atoms with Crippen molar-refractivity contribution >= 4 is 51.7 Å². The third-order valence-electron chi connectivity index (χ3n) is 5.52. The number of benzene rings is 3. The number of likely N-dealkylation sites (tertiary alicyclic amines) is 1. The minimum Gasteiger partial charge on any atom is -0.339 e. The Morgan fingerprint density at radius 2 is 1.59 bits per heavy atom. The quantitative estimate of drug-likeness (QED) is 0.440. The normalized spacial score (nSPS) is 13.8. The highest BCUT2D eigenvalue weighted by molar-refractivity contribution is 7.80. The zero-order valence-electron chi connectivity index (χ0n) is 17.7. The Morgan fingerprint density at radius 1 is 0.875 bits per heavy atom. The van der Waals surface area contributed by atoms with E-state index in [1.807, 2.05) is 59.5 Å². The highest BCUT2D eigenvalue weighted by atomic mass is 32.1. The smallest absolute Gasteiger partial charge is 0.255 e. The van der Waals surface area contributed by atoms with Crippen LogP contribution in [0, 0.1) is 0 Å². The second kappa shape index (κ2) is 10.2. The first-order valence-electron chi connectivity index (χ1n) is 10.8. The van der Waals surface area contributed by atoms with Crippen LogP contribution in [-0.4, -0.2) is 34.9 Å². The van der Waals surface area contributed by atoms with Crippen LogP contribution in [0.2, 0.25) is 0 Å². The molecule has 3 aromatic rings. The summed E-state index contributed by atoms with van der Waals surface area (Å²) in [5.41, 5.74) is 2.10. The molecule has 1 aliphatic rings. The lowest BCUT2D eigenvalue weighted by molar-refractivity contribution is -0.115. The molecular weight excluding hydrogens is 418 g/mol. The van der Waals surface area contributed by atoms with Gasteiger partial charge in [0.25, 0.3) is 5.91 Å². The summed E-state index contributed by atoms with van der Waals surface area (Å²) >= 11 is 5.32. The summed E-state index contributed by atoms with van der Waals surface area (Å²) in [4.78, 5) is 27.2. The van der Waals surface area contributed by atoms with Gasteiger partial charge in [0, 0.05) is 19.2 Å². The van der Waals surface area contributed by atoms with Gasteiger partial charge in [-0.1, -0.05) is 54.6 Å². The number of hydrogen-bond donors (Lipinski definition) is 2. The zero-order valence-corrected chi connectivity index (χ0v) is 18.5. The molecule has 0 aliphatic carbocycles. The van der Waals surface area contributed by atoms with Crippen molar-refractivity contribution in [3.63, 3.8) is 0 Å². The van der Waals surface area contributed by atoms with Gasteiger partial charge in [-0.2, -0.15) is 0 Å². The predicted octanol–water partition coefficient (Wildman–Crippen LogP) is 4.99. The third-order valence-corrected chi connectivity index (χ3v) is 5.73. The van der Waals surface area contributed by atoms with Gasteiger partial charge in [0.2, 0.25) is 5.91 Å². The van der Waals surface area contributed by atoms with Gasteiger partial charge in [-0.3, -0.25) is 14.9 Å². The van der Waals surface area contributed by atoms with Gasteiger partial charge in [-0.05, 0) is 66.0 Å². The summed E-state index contributed by atoms with van der Waals surface area (Å²) < 4.78 is 0. The molecule has 162 valence electrons. The van der Waals surface area contributed by atoms with Crippen LogP contribution in [-0.2, 0) is 4.79 Å². The Balaban J connectivity index is 1.41. The molecule has 32 heavy (non-hydrogen) atoms. The number of para-hydroxylation sites is 1. The lowest BCUT2D eigenvalue weighted by atomic mass is 10.0.